The number of carbonyl (C=O) groups excluding carboxylic acids is 1. The molecule has 1 N–H and O–H groups in total. The molecule has 0 spiro atoms. The van der Waals surface area contributed by atoms with Crippen LogP contribution < -0.4 is 4.74 Å². The van der Waals surface area contributed by atoms with Crippen LogP contribution in [0.2, 0.25) is 0 Å². The van der Waals surface area contributed by atoms with Crippen molar-refractivity contribution in [1.29, 1.82) is 0 Å². The van der Waals surface area contributed by atoms with Gasteiger partial charge in [-0.3, -0.25) is 9.59 Å². The Morgan fingerprint density at radius 3 is 2.89 bits per heavy atom. The number of rotatable bonds is 5. The first-order chi connectivity index (χ1) is 8.56. The third kappa shape index (κ3) is 2.88. The van der Waals surface area contributed by atoms with E-state index in [0.29, 0.717) is 12.2 Å². The second-order valence-electron chi connectivity index (χ2n) is 4.75. The van der Waals surface area contributed by atoms with Crippen molar-refractivity contribution in [2.45, 2.75) is 26.2 Å². The molecule has 1 heterocycles. The zero-order valence-electron chi connectivity index (χ0n) is 10.3. The fourth-order valence-corrected chi connectivity index (χ4v) is 2.16. The monoisotopic (exact) mass is 248 g/mol. The summed E-state index contributed by atoms with van der Waals surface area (Å²) >= 11 is 0. The molecule has 0 saturated heterocycles. The molecular formula is C14H16O4. The van der Waals surface area contributed by atoms with E-state index in [1.54, 1.807) is 13.0 Å². The van der Waals surface area contributed by atoms with Crippen molar-refractivity contribution in [3.8, 4) is 5.75 Å². The first-order valence-corrected chi connectivity index (χ1v) is 6.07. The van der Waals surface area contributed by atoms with E-state index in [9.17, 15) is 9.59 Å². The molecule has 1 aliphatic heterocycles. The molecular weight excluding hydrogens is 232 g/mol. The molecule has 0 aromatic heterocycles. The first kappa shape index (κ1) is 12.6. The molecule has 1 aromatic carbocycles. The molecule has 4 heteroatoms. The number of Topliss-reactive ketones (excluding diaryl/α,β-unsaturated/α-hetero) is 1. The quantitative estimate of drug-likeness (QED) is 0.812. The van der Waals surface area contributed by atoms with Gasteiger partial charge in [0.1, 0.15) is 5.75 Å². The van der Waals surface area contributed by atoms with Gasteiger partial charge in [-0.2, -0.15) is 0 Å². The molecule has 4 nitrogen and oxygen atoms in total. The number of benzene rings is 1. The van der Waals surface area contributed by atoms with Crippen molar-refractivity contribution in [3.05, 3.63) is 29.3 Å². The second-order valence-corrected chi connectivity index (χ2v) is 4.75. The number of carbonyl (C=O) groups is 2. The van der Waals surface area contributed by atoms with E-state index >= 15 is 0 Å². The van der Waals surface area contributed by atoms with Crippen LogP contribution in [0.25, 0.3) is 0 Å². The maximum atomic E-state index is 12.0. The Morgan fingerprint density at radius 2 is 2.17 bits per heavy atom. The van der Waals surface area contributed by atoms with Crippen LogP contribution in [0.15, 0.2) is 18.2 Å². The molecule has 0 amide bonds. The lowest BCUT2D eigenvalue weighted by molar-refractivity contribution is -0.137. The predicted octanol–water partition coefficient (Wildman–Crippen LogP) is 2.31. The number of ether oxygens (including phenoxy) is 1. The SMILES string of the molecule is CC(CC(=O)O)CC(=O)c1ccc2c(c1)CCO2. The third-order valence-corrected chi connectivity index (χ3v) is 3.07. The van der Waals surface area contributed by atoms with Gasteiger partial charge >= 0.3 is 5.97 Å². The Kier molecular flexibility index (Phi) is 3.65. The van der Waals surface area contributed by atoms with Gasteiger partial charge in [0.2, 0.25) is 0 Å². The lowest BCUT2D eigenvalue weighted by atomic mass is 9.96. The van der Waals surface area contributed by atoms with Crippen LogP contribution in [0.3, 0.4) is 0 Å². The van der Waals surface area contributed by atoms with E-state index in [-0.39, 0.29) is 24.5 Å². The highest BCUT2D eigenvalue weighted by molar-refractivity contribution is 5.96. The molecule has 1 atom stereocenters. The Morgan fingerprint density at radius 1 is 1.39 bits per heavy atom. The highest BCUT2D eigenvalue weighted by Crippen LogP contribution is 2.26. The third-order valence-electron chi connectivity index (χ3n) is 3.07. The molecule has 96 valence electrons. The van der Waals surface area contributed by atoms with E-state index in [4.69, 9.17) is 9.84 Å². The van der Waals surface area contributed by atoms with Crippen LogP contribution in [0.1, 0.15) is 35.7 Å². The maximum Gasteiger partial charge on any atom is 0.303 e. The Balaban J connectivity index is 2.03. The Labute approximate surface area is 106 Å². The number of aliphatic carboxylic acids is 1. The van der Waals surface area contributed by atoms with Crippen molar-refractivity contribution in [2.24, 2.45) is 5.92 Å². The average Bonchev–Trinajstić information content (AvgIpc) is 2.74. The summed E-state index contributed by atoms with van der Waals surface area (Å²) in [4.78, 5) is 22.6. The molecule has 1 unspecified atom stereocenters. The highest BCUT2D eigenvalue weighted by Gasteiger charge is 2.17. The molecule has 18 heavy (non-hydrogen) atoms. The van der Waals surface area contributed by atoms with Crippen molar-refractivity contribution >= 4 is 11.8 Å². The van der Waals surface area contributed by atoms with Gasteiger partial charge in [-0.1, -0.05) is 6.92 Å². The number of fused-ring (bicyclic) bond motifs is 1. The largest absolute Gasteiger partial charge is 0.493 e. The second kappa shape index (κ2) is 5.21. The average molecular weight is 248 g/mol. The van der Waals surface area contributed by atoms with Crippen molar-refractivity contribution in [3.63, 3.8) is 0 Å². The lowest BCUT2D eigenvalue weighted by Gasteiger charge is -2.08. The molecule has 0 aliphatic carbocycles. The van der Waals surface area contributed by atoms with Gasteiger partial charge in [-0.15, -0.1) is 0 Å². The van der Waals surface area contributed by atoms with Crippen molar-refractivity contribution < 1.29 is 19.4 Å². The minimum Gasteiger partial charge on any atom is -0.493 e. The van der Waals surface area contributed by atoms with Gasteiger partial charge in [0, 0.05) is 24.8 Å². The van der Waals surface area contributed by atoms with Crippen LogP contribution in [0.5, 0.6) is 5.75 Å². The van der Waals surface area contributed by atoms with Gasteiger partial charge in [-0.25, -0.2) is 0 Å². The molecule has 1 aliphatic rings. The van der Waals surface area contributed by atoms with Gasteiger partial charge in [-0.05, 0) is 29.7 Å². The van der Waals surface area contributed by atoms with Crippen LogP contribution in [-0.2, 0) is 11.2 Å². The summed E-state index contributed by atoms with van der Waals surface area (Å²) in [6.07, 6.45) is 1.13. The Hall–Kier alpha value is -1.84. The summed E-state index contributed by atoms with van der Waals surface area (Å²) in [6, 6.07) is 5.43. The predicted molar refractivity (Wildman–Crippen MR) is 66.0 cm³/mol. The lowest BCUT2D eigenvalue weighted by Crippen LogP contribution is -2.10. The minimum atomic E-state index is -0.863. The standard InChI is InChI=1S/C14H16O4/c1-9(7-14(16)17)6-12(15)10-2-3-13-11(8-10)4-5-18-13/h2-3,8-9H,4-7H2,1H3,(H,16,17). The molecule has 0 fully saturated rings. The van der Waals surface area contributed by atoms with Gasteiger partial charge in [0.05, 0.1) is 6.61 Å². The van der Waals surface area contributed by atoms with Crippen LogP contribution in [-0.4, -0.2) is 23.5 Å². The zero-order valence-corrected chi connectivity index (χ0v) is 10.3. The number of hydrogen-bond donors (Lipinski definition) is 1. The van der Waals surface area contributed by atoms with Crippen LogP contribution in [0, 0.1) is 5.92 Å². The van der Waals surface area contributed by atoms with Crippen molar-refractivity contribution in [1.82, 2.24) is 0 Å². The van der Waals surface area contributed by atoms with Crippen LogP contribution in [0.4, 0.5) is 0 Å². The molecule has 0 saturated carbocycles. The fraction of sp³-hybridized carbons (Fsp3) is 0.429. The van der Waals surface area contributed by atoms with Gasteiger partial charge in [0.25, 0.3) is 0 Å². The maximum absolute atomic E-state index is 12.0. The van der Waals surface area contributed by atoms with Crippen LogP contribution >= 0.6 is 0 Å². The van der Waals surface area contributed by atoms with E-state index in [2.05, 4.69) is 0 Å². The van der Waals surface area contributed by atoms with E-state index in [1.807, 2.05) is 12.1 Å². The van der Waals surface area contributed by atoms with Gasteiger partial charge < -0.3 is 9.84 Å². The smallest absolute Gasteiger partial charge is 0.303 e. The number of carboxylic acids is 1. The molecule has 2 rings (SSSR count). The van der Waals surface area contributed by atoms with E-state index in [1.165, 1.54) is 0 Å². The number of ketones is 1. The normalized spacial score (nSPS) is 14.7. The number of hydrogen-bond acceptors (Lipinski definition) is 3. The first-order valence-electron chi connectivity index (χ1n) is 6.07. The summed E-state index contributed by atoms with van der Waals surface area (Å²) in [5.74, 6) is -0.152. The zero-order chi connectivity index (χ0) is 13.1. The van der Waals surface area contributed by atoms with E-state index in [0.717, 1.165) is 17.7 Å². The van der Waals surface area contributed by atoms with Crippen molar-refractivity contribution in [2.75, 3.05) is 6.61 Å². The minimum absolute atomic E-state index is 0.00144. The topological polar surface area (TPSA) is 63.6 Å². The summed E-state index contributed by atoms with van der Waals surface area (Å²) in [6.45, 7) is 2.45. The molecule has 1 aromatic rings. The molecule has 0 bridgehead atoms. The highest BCUT2D eigenvalue weighted by atomic mass is 16.5. The summed E-state index contributed by atoms with van der Waals surface area (Å²) < 4.78 is 5.38. The summed E-state index contributed by atoms with van der Waals surface area (Å²) in [7, 11) is 0. The fourth-order valence-electron chi connectivity index (χ4n) is 2.16. The van der Waals surface area contributed by atoms with Gasteiger partial charge in [0.15, 0.2) is 5.78 Å². The summed E-state index contributed by atoms with van der Waals surface area (Å²) in [5.41, 5.74) is 1.71. The Bertz CT molecular complexity index is 479. The molecule has 0 radical (unpaired) electrons. The summed E-state index contributed by atoms with van der Waals surface area (Å²) in [5, 5.41) is 8.67. The van der Waals surface area contributed by atoms with E-state index < -0.39 is 5.97 Å². The number of carboxylic acid groups (broad SMARTS) is 1.